The van der Waals surface area contributed by atoms with Gasteiger partial charge in [-0.1, -0.05) is 50.8 Å². The number of carbonyl (C=O) groups is 3. The second kappa shape index (κ2) is 14.9. The molecule has 4 rings (SSSR count). The van der Waals surface area contributed by atoms with Crippen LogP contribution in [-0.2, 0) is 45.3 Å². The Morgan fingerprint density at radius 2 is 1.93 bits per heavy atom. The first-order valence-corrected chi connectivity index (χ1v) is 14.5. The first-order valence-electron chi connectivity index (χ1n) is 14.5. The number of benzene rings is 1. The van der Waals surface area contributed by atoms with Crippen LogP contribution >= 0.6 is 0 Å². The van der Waals surface area contributed by atoms with E-state index in [2.05, 4.69) is 27.0 Å². The lowest BCUT2D eigenvalue weighted by Gasteiger charge is -2.28. The molecule has 246 valence electrons. The SMILES string of the molecule is C=C(C)OCOC(=O)Nc1ncnn2c([C@]3(C=NC)O[C@H](COC(=O)Cc4ccccc4)[C@@H](OC(=O)[C@@H](N)C(C)C)[C@H]3O)ccc12. The van der Waals surface area contributed by atoms with Crippen molar-refractivity contribution in [2.24, 2.45) is 16.6 Å². The lowest BCUT2D eigenvalue weighted by molar-refractivity contribution is -0.162. The molecule has 1 aliphatic rings. The number of aromatic nitrogens is 3. The molecule has 0 unspecified atom stereocenters. The van der Waals surface area contributed by atoms with Crippen LogP contribution in [0.5, 0.6) is 0 Å². The van der Waals surface area contributed by atoms with E-state index in [4.69, 9.17) is 29.4 Å². The number of allylic oxidation sites excluding steroid dienone is 1. The van der Waals surface area contributed by atoms with Gasteiger partial charge < -0.3 is 34.5 Å². The molecule has 0 bridgehead atoms. The summed E-state index contributed by atoms with van der Waals surface area (Å²) in [6.45, 7) is 7.96. The highest BCUT2D eigenvalue weighted by atomic mass is 16.7. The number of nitrogens with one attached hydrogen (secondary N) is 1. The molecule has 15 nitrogen and oxygen atoms in total. The van der Waals surface area contributed by atoms with Crippen molar-refractivity contribution in [3.8, 4) is 0 Å². The topological polar surface area (TPSA) is 198 Å². The van der Waals surface area contributed by atoms with Gasteiger partial charge in [-0.25, -0.2) is 14.3 Å². The zero-order valence-electron chi connectivity index (χ0n) is 26.0. The van der Waals surface area contributed by atoms with Crippen molar-refractivity contribution in [1.82, 2.24) is 14.6 Å². The van der Waals surface area contributed by atoms with Gasteiger partial charge in [0.25, 0.3) is 0 Å². The van der Waals surface area contributed by atoms with E-state index in [0.29, 0.717) is 11.3 Å². The number of carbonyl (C=O) groups excluding carboxylic acids is 3. The van der Waals surface area contributed by atoms with Crippen molar-refractivity contribution >= 4 is 35.6 Å². The van der Waals surface area contributed by atoms with Crippen LogP contribution in [0.1, 0.15) is 32.0 Å². The van der Waals surface area contributed by atoms with Crippen molar-refractivity contribution in [1.29, 1.82) is 0 Å². The van der Waals surface area contributed by atoms with Crippen LogP contribution in [0.2, 0.25) is 0 Å². The van der Waals surface area contributed by atoms with E-state index in [-0.39, 0.29) is 37.3 Å². The third-order valence-corrected chi connectivity index (χ3v) is 7.19. The second-order valence-electron chi connectivity index (χ2n) is 10.9. The summed E-state index contributed by atoms with van der Waals surface area (Å²) in [5.74, 6) is -1.13. The molecule has 0 aliphatic carbocycles. The minimum atomic E-state index is -1.76. The summed E-state index contributed by atoms with van der Waals surface area (Å²) < 4.78 is 29.1. The number of rotatable bonds is 13. The van der Waals surface area contributed by atoms with Crippen LogP contribution < -0.4 is 11.1 Å². The number of aliphatic imine (C=N–C) groups is 1. The molecule has 1 aromatic carbocycles. The Hall–Kier alpha value is -4.86. The highest BCUT2D eigenvalue weighted by Crippen LogP contribution is 2.41. The van der Waals surface area contributed by atoms with Crippen molar-refractivity contribution in [3.05, 3.63) is 72.4 Å². The number of esters is 2. The summed E-state index contributed by atoms with van der Waals surface area (Å²) in [6.07, 6.45) is -2.36. The summed E-state index contributed by atoms with van der Waals surface area (Å²) in [5, 5.41) is 18.6. The molecule has 0 radical (unpaired) electrons. The van der Waals surface area contributed by atoms with Gasteiger partial charge in [-0.3, -0.25) is 19.9 Å². The van der Waals surface area contributed by atoms with Gasteiger partial charge >= 0.3 is 18.0 Å². The molecular weight excluding hydrogens is 600 g/mol. The van der Waals surface area contributed by atoms with Gasteiger partial charge in [0, 0.05) is 13.3 Å². The summed E-state index contributed by atoms with van der Waals surface area (Å²) in [6, 6.07) is 11.2. The van der Waals surface area contributed by atoms with Crippen LogP contribution in [0.15, 0.2) is 66.1 Å². The lowest BCUT2D eigenvalue weighted by atomic mass is 9.92. The number of nitrogens with zero attached hydrogens (tertiary/aromatic N) is 4. The fourth-order valence-corrected chi connectivity index (χ4v) is 4.80. The van der Waals surface area contributed by atoms with Crippen LogP contribution in [0, 0.1) is 5.92 Å². The average Bonchev–Trinajstić information content (AvgIpc) is 3.56. The number of aliphatic hydroxyl groups excluding tert-OH is 1. The molecule has 2 aromatic heterocycles. The zero-order chi connectivity index (χ0) is 33.4. The molecule has 4 N–H and O–H groups in total. The van der Waals surface area contributed by atoms with Crippen molar-refractivity contribution in [2.75, 3.05) is 25.8 Å². The molecule has 1 amide bonds. The molecule has 0 spiro atoms. The fraction of sp³-hybridized carbons (Fsp3) is 0.419. The molecule has 3 aromatic rings. The molecule has 0 saturated carbocycles. The minimum Gasteiger partial charge on any atom is -0.463 e. The zero-order valence-corrected chi connectivity index (χ0v) is 26.0. The predicted octanol–water partition coefficient (Wildman–Crippen LogP) is 2.12. The Morgan fingerprint density at radius 3 is 2.61 bits per heavy atom. The Labute approximate surface area is 265 Å². The normalized spacial score (nSPS) is 21.7. The molecule has 15 heteroatoms. The Bertz CT molecular complexity index is 1580. The molecule has 5 atom stereocenters. The van der Waals surface area contributed by atoms with E-state index in [1.807, 2.05) is 6.07 Å². The van der Waals surface area contributed by atoms with Gasteiger partial charge in [0.1, 0.15) is 36.7 Å². The highest BCUT2D eigenvalue weighted by molar-refractivity contribution is 5.89. The predicted molar refractivity (Wildman–Crippen MR) is 165 cm³/mol. The molecule has 1 fully saturated rings. The maximum absolute atomic E-state index is 13.0. The molecule has 1 aliphatic heterocycles. The number of aliphatic hydroxyl groups is 1. The van der Waals surface area contributed by atoms with E-state index in [0.717, 1.165) is 5.56 Å². The van der Waals surface area contributed by atoms with E-state index in [1.54, 1.807) is 57.2 Å². The van der Waals surface area contributed by atoms with E-state index >= 15 is 0 Å². The van der Waals surface area contributed by atoms with Crippen LogP contribution in [0.3, 0.4) is 0 Å². The quantitative estimate of drug-likeness (QED) is 0.0812. The largest absolute Gasteiger partial charge is 0.463 e. The first kappa shape index (κ1) is 34.0. The van der Waals surface area contributed by atoms with Gasteiger partial charge in [0.05, 0.1) is 17.9 Å². The molecule has 3 heterocycles. The Balaban J connectivity index is 1.65. The van der Waals surface area contributed by atoms with Crippen LogP contribution in [0.4, 0.5) is 10.6 Å². The third kappa shape index (κ3) is 7.67. The summed E-state index contributed by atoms with van der Waals surface area (Å²) >= 11 is 0. The smallest absolute Gasteiger partial charge is 0.415 e. The van der Waals surface area contributed by atoms with E-state index in [9.17, 15) is 19.5 Å². The number of fused-ring (bicyclic) bond motifs is 1. The lowest BCUT2D eigenvalue weighted by Crippen LogP contribution is -2.47. The summed E-state index contributed by atoms with van der Waals surface area (Å²) in [7, 11) is 1.47. The Morgan fingerprint density at radius 1 is 1.20 bits per heavy atom. The van der Waals surface area contributed by atoms with Crippen molar-refractivity contribution in [3.63, 3.8) is 0 Å². The maximum Gasteiger partial charge on any atom is 0.415 e. The van der Waals surface area contributed by atoms with Gasteiger partial charge in [0.2, 0.25) is 6.79 Å². The first-order chi connectivity index (χ1) is 22.0. The van der Waals surface area contributed by atoms with E-state index in [1.165, 1.54) is 24.1 Å². The minimum absolute atomic E-state index is 0.00184. The van der Waals surface area contributed by atoms with Gasteiger partial charge in [0.15, 0.2) is 17.5 Å². The Kier molecular flexibility index (Phi) is 11.1. The van der Waals surface area contributed by atoms with Crippen molar-refractivity contribution in [2.45, 2.75) is 57.1 Å². The number of ether oxygens (including phenoxy) is 5. The second-order valence-corrected chi connectivity index (χ2v) is 10.9. The van der Waals surface area contributed by atoms with Crippen LogP contribution in [-0.4, -0.2) is 88.8 Å². The van der Waals surface area contributed by atoms with Crippen molar-refractivity contribution < 1.29 is 43.2 Å². The molecule has 46 heavy (non-hydrogen) atoms. The summed E-state index contributed by atoms with van der Waals surface area (Å²) in [4.78, 5) is 46.3. The number of amides is 1. The number of nitrogens with two attached hydrogens (primary N) is 1. The number of anilines is 1. The maximum atomic E-state index is 13.0. The molecular formula is C31H38N6O9. The van der Waals surface area contributed by atoms with Gasteiger partial charge in [-0.15, -0.1) is 0 Å². The van der Waals surface area contributed by atoms with E-state index < -0.39 is 48.0 Å². The van der Waals surface area contributed by atoms with Gasteiger partial charge in [-0.2, -0.15) is 5.10 Å². The monoisotopic (exact) mass is 638 g/mol. The number of hydrogen-bond acceptors (Lipinski definition) is 13. The third-order valence-electron chi connectivity index (χ3n) is 7.19. The highest BCUT2D eigenvalue weighted by Gasteiger charge is 2.58. The van der Waals surface area contributed by atoms with Gasteiger partial charge in [-0.05, 0) is 30.5 Å². The number of hydrogen-bond donors (Lipinski definition) is 3. The van der Waals surface area contributed by atoms with Crippen LogP contribution in [0.25, 0.3) is 5.52 Å². The molecule has 1 saturated heterocycles. The average molecular weight is 639 g/mol. The summed E-state index contributed by atoms with van der Waals surface area (Å²) in [5.41, 5.74) is 5.59. The fourth-order valence-electron chi connectivity index (χ4n) is 4.80. The standard InChI is InChI=1S/C31H38N6O9/c1-18(2)25(32)29(40)45-26-22(14-42-24(38)13-20-9-7-6-8-10-20)46-31(15-33-5,27(26)39)23-12-11-21-28(34-16-35-37(21)23)36-30(41)44-17-43-19(3)4/h6-12,15-16,18,22,25-27,39H,3,13-14,17,32H2,1-2,4-5H3,(H,34,35,36,41)/t22-,25+,26-,27-,31+/m1/s1.